The monoisotopic (exact) mass is 325 g/mol. The Labute approximate surface area is 139 Å². The number of rotatable bonds is 3. The van der Waals surface area contributed by atoms with Gasteiger partial charge in [-0.25, -0.2) is 9.50 Å². The lowest BCUT2D eigenvalue weighted by atomic mass is 10.2. The van der Waals surface area contributed by atoms with Crippen molar-refractivity contribution >= 4 is 11.7 Å². The first-order valence-electron chi connectivity index (χ1n) is 8.10. The second kappa shape index (κ2) is 5.70. The summed E-state index contributed by atoms with van der Waals surface area (Å²) in [5.74, 6) is 0.531. The zero-order valence-corrected chi connectivity index (χ0v) is 13.8. The summed E-state index contributed by atoms with van der Waals surface area (Å²) in [5, 5.41) is 8.66. The van der Waals surface area contributed by atoms with Crippen molar-refractivity contribution in [3.8, 4) is 0 Å². The molecule has 1 fully saturated rings. The Kier molecular flexibility index (Phi) is 3.51. The number of amides is 1. The summed E-state index contributed by atoms with van der Waals surface area (Å²) in [6.45, 7) is 5.35. The first-order valence-corrected chi connectivity index (χ1v) is 8.10. The lowest BCUT2D eigenvalue weighted by molar-refractivity contribution is 0.0709. The summed E-state index contributed by atoms with van der Waals surface area (Å²) in [6, 6.07) is 1.96. The highest BCUT2D eigenvalue weighted by molar-refractivity contribution is 5.91. The van der Waals surface area contributed by atoms with Crippen molar-refractivity contribution in [3.05, 3.63) is 41.7 Å². The molecule has 124 valence electrons. The van der Waals surface area contributed by atoms with Gasteiger partial charge in [0, 0.05) is 24.6 Å². The fourth-order valence-corrected chi connectivity index (χ4v) is 3.20. The van der Waals surface area contributed by atoms with Crippen LogP contribution in [0.3, 0.4) is 0 Å². The van der Waals surface area contributed by atoms with Gasteiger partial charge in [0.25, 0.3) is 11.7 Å². The summed E-state index contributed by atoms with van der Waals surface area (Å²) >= 11 is 0. The third kappa shape index (κ3) is 2.53. The Hall–Kier alpha value is -2.77. The Morgan fingerprint density at radius 2 is 2.25 bits per heavy atom. The van der Waals surface area contributed by atoms with Crippen LogP contribution in [0, 0.1) is 13.8 Å². The molecule has 1 saturated heterocycles. The molecular weight excluding hydrogens is 306 g/mol. The van der Waals surface area contributed by atoms with Crippen LogP contribution in [0.5, 0.6) is 0 Å². The van der Waals surface area contributed by atoms with Crippen molar-refractivity contribution < 1.29 is 4.79 Å². The molecule has 1 amide bonds. The maximum absolute atomic E-state index is 12.9. The standard InChI is InChI=1S/C16H19N7O/c1-11-8-18-21(9-11)10-13-4-3-7-22(13)15(24)14-19-16-17-6-5-12(2)23(16)20-14/h5-6,8-9,13H,3-4,7,10H2,1-2H3/t13-/m0/s1. The SMILES string of the molecule is Cc1cnn(C[C@@H]2CCCN2C(=O)c2nc3nccc(C)n3n2)c1. The van der Waals surface area contributed by atoms with Gasteiger partial charge in [0.2, 0.25) is 5.82 Å². The number of nitrogens with zero attached hydrogens (tertiary/aromatic N) is 7. The van der Waals surface area contributed by atoms with Crippen LogP contribution in [0.4, 0.5) is 0 Å². The zero-order valence-electron chi connectivity index (χ0n) is 13.8. The third-order valence-electron chi connectivity index (χ3n) is 4.42. The predicted molar refractivity (Wildman–Crippen MR) is 86.5 cm³/mol. The Bertz CT molecular complexity index is 897. The summed E-state index contributed by atoms with van der Waals surface area (Å²) in [7, 11) is 0. The molecule has 0 spiro atoms. The fraction of sp³-hybridized carbons (Fsp3) is 0.438. The number of likely N-dealkylation sites (tertiary alicyclic amines) is 1. The predicted octanol–water partition coefficient (Wildman–Crippen LogP) is 1.24. The molecule has 0 aliphatic carbocycles. The third-order valence-corrected chi connectivity index (χ3v) is 4.42. The molecule has 3 aromatic rings. The van der Waals surface area contributed by atoms with Crippen LogP contribution >= 0.6 is 0 Å². The van der Waals surface area contributed by atoms with Gasteiger partial charge in [-0.2, -0.15) is 10.1 Å². The molecule has 4 rings (SSSR count). The average molecular weight is 325 g/mol. The molecule has 1 atom stereocenters. The Morgan fingerprint density at radius 3 is 3.00 bits per heavy atom. The smallest absolute Gasteiger partial charge is 0.293 e. The van der Waals surface area contributed by atoms with E-state index in [9.17, 15) is 4.79 Å². The number of carbonyl (C=O) groups excluding carboxylic acids is 1. The van der Waals surface area contributed by atoms with Crippen LogP contribution < -0.4 is 0 Å². The maximum atomic E-state index is 12.9. The molecule has 4 heterocycles. The summed E-state index contributed by atoms with van der Waals surface area (Å²) < 4.78 is 3.50. The molecule has 24 heavy (non-hydrogen) atoms. The second-order valence-corrected chi connectivity index (χ2v) is 6.27. The normalized spacial score (nSPS) is 17.8. The number of fused-ring (bicyclic) bond motifs is 1. The van der Waals surface area contributed by atoms with E-state index in [1.54, 1.807) is 10.7 Å². The lowest BCUT2D eigenvalue weighted by Gasteiger charge is -2.23. The van der Waals surface area contributed by atoms with Crippen molar-refractivity contribution in [2.45, 2.75) is 39.3 Å². The Balaban J connectivity index is 1.58. The topological polar surface area (TPSA) is 81.2 Å². The van der Waals surface area contributed by atoms with Gasteiger partial charge in [-0.3, -0.25) is 9.48 Å². The first-order chi connectivity index (χ1) is 11.6. The van der Waals surface area contributed by atoms with Gasteiger partial charge in [-0.05, 0) is 38.3 Å². The minimum atomic E-state index is -0.133. The van der Waals surface area contributed by atoms with Gasteiger partial charge in [0.15, 0.2) is 0 Å². The van der Waals surface area contributed by atoms with Gasteiger partial charge in [-0.1, -0.05) is 0 Å². The van der Waals surface area contributed by atoms with Crippen LogP contribution in [-0.4, -0.2) is 52.8 Å². The molecule has 3 aromatic heterocycles. The molecule has 1 aliphatic heterocycles. The molecule has 1 aliphatic rings. The molecule has 0 unspecified atom stereocenters. The van der Waals surface area contributed by atoms with Crippen LogP contribution in [0.25, 0.3) is 5.78 Å². The van der Waals surface area contributed by atoms with E-state index in [-0.39, 0.29) is 17.8 Å². The van der Waals surface area contributed by atoms with Crippen molar-refractivity contribution in [1.29, 1.82) is 0 Å². The minimum absolute atomic E-state index is 0.123. The number of hydrogen-bond donors (Lipinski definition) is 0. The van der Waals surface area contributed by atoms with Crippen LogP contribution in [0.2, 0.25) is 0 Å². The molecule has 8 nitrogen and oxygen atoms in total. The second-order valence-electron chi connectivity index (χ2n) is 6.27. The van der Waals surface area contributed by atoms with E-state index < -0.39 is 0 Å². The number of hydrogen-bond acceptors (Lipinski definition) is 5. The number of aryl methyl sites for hydroxylation is 2. The summed E-state index contributed by atoms with van der Waals surface area (Å²) in [6.07, 6.45) is 7.46. The van der Waals surface area contributed by atoms with E-state index in [2.05, 4.69) is 20.2 Å². The summed E-state index contributed by atoms with van der Waals surface area (Å²) in [5.41, 5.74) is 2.02. The first kappa shape index (κ1) is 14.8. The number of carbonyl (C=O) groups is 1. The molecular formula is C16H19N7O. The van der Waals surface area contributed by atoms with Gasteiger partial charge in [-0.15, -0.1) is 5.10 Å². The van der Waals surface area contributed by atoms with Crippen LogP contribution in [0.1, 0.15) is 34.7 Å². The largest absolute Gasteiger partial charge is 0.331 e. The highest BCUT2D eigenvalue weighted by Crippen LogP contribution is 2.21. The average Bonchev–Trinajstić information content (AvgIpc) is 3.27. The van der Waals surface area contributed by atoms with E-state index >= 15 is 0 Å². The van der Waals surface area contributed by atoms with E-state index in [0.717, 1.165) is 30.6 Å². The van der Waals surface area contributed by atoms with Crippen molar-refractivity contribution in [1.82, 2.24) is 34.3 Å². The van der Waals surface area contributed by atoms with Gasteiger partial charge >= 0.3 is 0 Å². The quantitative estimate of drug-likeness (QED) is 0.724. The lowest BCUT2D eigenvalue weighted by Crippen LogP contribution is -2.38. The van der Waals surface area contributed by atoms with Crippen molar-refractivity contribution in [2.24, 2.45) is 0 Å². The maximum Gasteiger partial charge on any atom is 0.293 e. The van der Waals surface area contributed by atoms with Crippen LogP contribution in [-0.2, 0) is 6.54 Å². The fourth-order valence-electron chi connectivity index (χ4n) is 3.20. The van der Waals surface area contributed by atoms with E-state index in [1.807, 2.05) is 41.9 Å². The van der Waals surface area contributed by atoms with Gasteiger partial charge in [0.1, 0.15) is 0 Å². The highest BCUT2D eigenvalue weighted by Gasteiger charge is 2.32. The van der Waals surface area contributed by atoms with E-state index in [4.69, 9.17) is 0 Å². The van der Waals surface area contributed by atoms with Gasteiger partial charge < -0.3 is 4.90 Å². The molecule has 0 saturated carbocycles. The van der Waals surface area contributed by atoms with Crippen LogP contribution in [0.15, 0.2) is 24.7 Å². The minimum Gasteiger partial charge on any atom is -0.331 e. The van der Waals surface area contributed by atoms with Gasteiger partial charge in [0.05, 0.1) is 18.8 Å². The van der Waals surface area contributed by atoms with Crippen molar-refractivity contribution in [2.75, 3.05) is 6.54 Å². The van der Waals surface area contributed by atoms with E-state index in [0.29, 0.717) is 12.3 Å². The summed E-state index contributed by atoms with van der Waals surface area (Å²) in [4.78, 5) is 23.2. The molecule has 0 radical (unpaired) electrons. The Morgan fingerprint density at radius 1 is 1.38 bits per heavy atom. The molecule has 8 heteroatoms. The zero-order chi connectivity index (χ0) is 16.7. The molecule has 0 aromatic carbocycles. The van der Waals surface area contributed by atoms with Crippen molar-refractivity contribution in [3.63, 3.8) is 0 Å². The molecule has 0 bridgehead atoms. The number of aromatic nitrogens is 6. The highest BCUT2D eigenvalue weighted by atomic mass is 16.2. The van der Waals surface area contributed by atoms with E-state index in [1.165, 1.54) is 0 Å². The molecule has 0 N–H and O–H groups in total.